The molecule has 0 radical (unpaired) electrons. The summed E-state index contributed by atoms with van der Waals surface area (Å²) in [4.78, 5) is 22.5. The Kier molecular flexibility index (Phi) is 4.48. The van der Waals surface area contributed by atoms with E-state index in [0.717, 1.165) is 0 Å². The van der Waals surface area contributed by atoms with Gasteiger partial charge in [0.05, 0.1) is 18.5 Å². The number of aromatic amines is 1. The number of halogens is 1. The maximum atomic E-state index is 11.3. The Labute approximate surface area is 101 Å². The molecule has 0 aliphatic carbocycles. The molecule has 1 aromatic heterocycles. The summed E-state index contributed by atoms with van der Waals surface area (Å²) in [5, 5.41) is 8.71. The van der Waals surface area contributed by atoms with Gasteiger partial charge in [-0.15, -0.1) is 0 Å². The number of aromatic nitrogens is 2. The van der Waals surface area contributed by atoms with E-state index in [0.29, 0.717) is 16.8 Å². The van der Waals surface area contributed by atoms with E-state index in [9.17, 15) is 9.59 Å². The number of hydrogen-bond donors (Lipinski definition) is 2. The highest BCUT2D eigenvalue weighted by molar-refractivity contribution is 9.10. The van der Waals surface area contributed by atoms with Gasteiger partial charge in [-0.05, 0) is 29.8 Å². The molecule has 0 amide bonds. The average Bonchev–Trinajstić information content (AvgIpc) is 2.25. The van der Waals surface area contributed by atoms with Crippen LogP contribution in [0.4, 0.5) is 5.69 Å². The van der Waals surface area contributed by atoms with Crippen molar-refractivity contribution in [2.24, 2.45) is 0 Å². The van der Waals surface area contributed by atoms with E-state index < -0.39 is 6.04 Å². The van der Waals surface area contributed by atoms with Gasteiger partial charge in [0.2, 0.25) is 0 Å². The first-order valence-corrected chi connectivity index (χ1v) is 5.52. The van der Waals surface area contributed by atoms with Crippen LogP contribution in [0.15, 0.2) is 15.5 Å². The molecular weight excluding hydrogens is 278 g/mol. The molecule has 16 heavy (non-hydrogen) atoms. The summed E-state index contributed by atoms with van der Waals surface area (Å²) >= 11 is 3.10. The fourth-order valence-electron chi connectivity index (χ4n) is 1.04. The summed E-state index contributed by atoms with van der Waals surface area (Å²) in [5.74, 6) is -0.380. The number of rotatable bonds is 4. The van der Waals surface area contributed by atoms with Crippen LogP contribution in [0.2, 0.25) is 0 Å². The third-order valence-corrected chi connectivity index (χ3v) is 2.60. The Morgan fingerprint density at radius 1 is 1.75 bits per heavy atom. The fraction of sp³-hybridized carbons (Fsp3) is 0.444. The number of ether oxygens (including phenoxy) is 1. The van der Waals surface area contributed by atoms with Gasteiger partial charge in [-0.3, -0.25) is 4.79 Å². The van der Waals surface area contributed by atoms with Crippen LogP contribution in [-0.2, 0) is 9.53 Å². The monoisotopic (exact) mass is 289 g/mol. The van der Waals surface area contributed by atoms with Crippen LogP contribution < -0.4 is 10.9 Å². The van der Waals surface area contributed by atoms with Gasteiger partial charge in [0.15, 0.2) is 0 Å². The van der Waals surface area contributed by atoms with Crippen LogP contribution >= 0.6 is 15.9 Å². The molecule has 88 valence electrons. The van der Waals surface area contributed by atoms with E-state index in [1.165, 1.54) is 6.20 Å². The standard InChI is InChI=1S/C9H12BrN3O3/c1-3-16-9(15)5(2)12-6-4-11-13-8(14)7(6)10/h4-5H,3H2,1-2H3,(H2,12,13,14). The second kappa shape index (κ2) is 5.64. The van der Waals surface area contributed by atoms with Crippen LogP contribution in [-0.4, -0.2) is 28.8 Å². The number of H-pyrrole nitrogens is 1. The van der Waals surface area contributed by atoms with Gasteiger partial charge in [0.25, 0.3) is 5.56 Å². The number of anilines is 1. The maximum Gasteiger partial charge on any atom is 0.328 e. The molecule has 1 rings (SSSR count). The zero-order valence-electron chi connectivity index (χ0n) is 8.91. The van der Waals surface area contributed by atoms with Crippen molar-refractivity contribution in [3.05, 3.63) is 21.0 Å². The van der Waals surface area contributed by atoms with E-state index >= 15 is 0 Å². The molecular formula is C9H12BrN3O3. The quantitative estimate of drug-likeness (QED) is 0.805. The Hall–Kier alpha value is -1.37. The van der Waals surface area contributed by atoms with E-state index in [1.54, 1.807) is 13.8 Å². The highest BCUT2D eigenvalue weighted by Gasteiger charge is 2.15. The van der Waals surface area contributed by atoms with E-state index in [1.807, 2.05) is 0 Å². The molecule has 1 unspecified atom stereocenters. The molecule has 1 atom stereocenters. The zero-order chi connectivity index (χ0) is 12.1. The number of carbonyl (C=O) groups is 1. The van der Waals surface area contributed by atoms with Gasteiger partial charge in [-0.25, -0.2) is 9.89 Å². The first-order chi connectivity index (χ1) is 7.56. The maximum absolute atomic E-state index is 11.3. The number of nitrogens with zero attached hydrogens (tertiary/aromatic N) is 1. The molecule has 6 nitrogen and oxygen atoms in total. The number of nitrogens with one attached hydrogen (secondary N) is 2. The van der Waals surface area contributed by atoms with Crippen molar-refractivity contribution in [1.29, 1.82) is 0 Å². The van der Waals surface area contributed by atoms with Crippen molar-refractivity contribution in [2.75, 3.05) is 11.9 Å². The second-order valence-electron chi connectivity index (χ2n) is 3.04. The van der Waals surface area contributed by atoms with Crippen LogP contribution in [0, 0.1) is 0 Å². The Bertz CT molecular complexity index is 432. The highest BCUT2D eigenvalue weighted by Crippen LogP contribution is 2.16. The lowest BCUT2D eigenvalue weighted by molar-refractivity contribution is -0.143. The summed E-state index contributed by atoms with van der Waals surface area (Å²) in [7, 11) is 0. The van der Waals surface area contributed by atoms with Crippen LogP contribution in [0.5, 0.6) is 0 Å². The third kappa shape index (κ3) is 3.06. The van der Waals surface area contributed by atoms with Crippen molar-refractivity contribution in [2.45, 2.75) is 19.9 Å². The summed E-state index contributed by atoms with van der Waals surface area (Å²) in [5.41, 5.74) is 0.0883. The lowest BCUT2D eigenvalue weighted by atomic mass is 10.3. The van der Waals surface area contributed by atoms with Crippen molar-refractivity contribution in [1.82, 2.24) is 10.2 Å². The molecule has 1 aromatic rings. The zero-order valence-corrected chi connectivity index (χ0v) is 10.5. The Morgan fingerprint density at radius 3 is 3.06 bits per heavy atom. The largest absolute Gasteiger partial charge is 0.464 e. The second-order valence-corrected chi connectivity index (χ2v) is 3.84. The molecule has 0 saturated carbocycles. The molecule has 0 aromatic carbocycles. The first-order valence-electron chi connectivity index (χ1n) is 4.72. The number of esters is 1. The molecule has 0 saturated heterocycles. The highest BCUT2D eigenvalue weighted by atomic mass is 79.9. The lowest BCUT2D eigenvalue weighted by Gasteiger charge is -2.13. The Morgan fingerprint density at radius 2 is 2.44 bits per heavy atom. The van der Waals surface area contributed by atoms with Crippen LogP contribution in [0.1, 0.15) is 13.8 Å². The average molecular weight is 290 g/mol. The molecule has 0 aliphatic heterocycles. The number of carbonyl (C=O) groups excluding carboxylic acids is 1. The van der Waals surface area contributed by atoms with Crippen molar-refractivity contribution >= 4 is 27.6 Å². The predicted octanol–water partition coefficient (Wildman–Crippen LogP) is 0.896. The van der Waals surface area contributed by atoms with Crippen molar-refractivity contribution in [3.8, 4) is 0 Å². The van der Waals surface area contributed by atoms with Gasteiger partial charge in [-0.1, -0.05) is 0 Å². The van der Waals surface area contributed by atoms with Crippen molar-refractivity contribution < 1.29 is 9.53 Å². The minimum Gasteiger partial charge on any atom is -0.464 e. The summed E-state index contributed by atoms with van der Waals surface area (Å²) in [6, 6.07) is -0.542. The summed E-state index contributed by atoms with van der Waals surface area (Å²) < 4.78 is 5.13. The minimum atomic E-state index is -0.542. The smallest absolute Gasteiger partial charge is 0.328 e. The van der Waals surface area contributed by atoms with Crippen molar-refractivity contribution in [3.63, 3.8) is 0 Å². The molecule has 0 aliphatic rings. The van der Waals surface area contributed by atoms with Gasteiger partial charge < -0.3 is 10.1 Å². The topological polar surface area (TPSA) is 84.1 Å². The predicted molar refractivity (Wildman–Crippen MR) is 62.3 cm³/mol. The molecule has 7 heteroatoms. The van der Waals surface area contributed by atoms with E-state index in [-0.39, 0.29) is 11.5 Å². The minimum absolute atomic E-state index is 0.304. The molecule has 0 fully saturated rings. The summed E-state index contributed by atoms with van der Waals surface area (Å²) in [6.45, 7) is 3.70. The van der Waals surface area contributed by atoms with Gasteiger partial charge >= 0.3 is 5.97 Å². The third-order valence-electron chi connectivity index (χ3n) is 1.81. The Balaban J connectivity index is 2.77. The molecule has 0 bridgehead atoms. The van der Waals surface area contributed by atoms with E-state index in [4.69, 9.17) is 4.74 Å². The number of hydrogen-bond acceptors (Lipinski definition) is 5. The van der Waals surface area contributed by atoms with Gasteiger partial charge in [0.1, 0.15) is 10.5 Å². The molecule has 1 heterocycles. The van der Waals surface area contributed by atoms with Crippen LogP contribution in [0.3, 0.4) is 0 Å². The normalized spacial score (nSPS) is 11.9. The van der Waals surface area contributed by atoms with Crippen LogP contribution in [0.25, 0.3) is 0 Å². The van der Waals surface area contributed by atoms with E-state index in [2.05, 4.69) is 31.4 Å². The summed E-state index contributed by atoms with van der Waals surface area (Å²) in [6.07, 6.45) is 1.42. The lowest BCUT2D eigenvalue weighted by Crippen LogP contribution is -2.29. The van der Waals surface area contributed by atoms with Gasteiger partial charge in [-0.2, -0.15) is 5.10 Å². The molecule has 2 N–H and O–H groups in total. The fourth-order valence-corrected chi connectivity index (χ4v) is 1.35. The first kappa shape index (κ1) is 12.7. The van der Waals surface area contributed by atoms with Gasteiger partial charge in [0, 0.05) is 0 Å². The SMILES string of the molecule is CCOC(=O)C(C)Nc1cn[nH]c(=O)c1Br. The molecule has 0 spiro atoms.